The van der Waals surface area contributed by atoms with Crippen molar-refractivity contribution in [1.82, 2.24) is 5.32 Å². The van der Waals surface area contributed by atoms with E-state index >= 15 is 0 Å². The standard InChI is InChI=1S/C11H18N2O2S/c14-8-4-2-1-3-7-12-11(15)13-10-6-5-9-16-10/h5-6,9,14H,1-4,7-8H2,(H2,12,13,15). The number of hydrogen-bond donors (Lipinski definition) is 3. The molecule has 0 aliphatic rings. The third-order valence-corrected chi connectivity index (χ3v) is 2.91. The summed E-state index contributed by atoms with van der Waals surface area (Å²) in [6.45, 7) is 0.939. The molecule has 0 aromatic carbocycles. The van der Waals surface area contributed by atoms with Crippen LogP contribution in [0, 0.1) is 0 Å². The minimum absolute atomic E-state index is 0.149. The van der Waals surface area contributed by atoms with Crippen LogP contribution in [0.25, 0.3) is 0 Å². The summed E-state index contributed by atoms with van der Waals surface area (Å²) in [4.78, 5) is 11.3. The molecule has 5 heteroatoms. The Labute approximate surface area is 99.7 Å². The Balaban J connectivity index is 1.98. The molecule has 0 aliphatic heterocycles. The van der Waals surface area contributed by atoms with Crippen LogP contribution in [0.4, 0.5) is 9.80 Å². The predicted octanol–water partition coefficient (Wildman–Crippen LogP) is 2.42. The summed E-state index contributed by atoms with van der Waals surface area (Å²) in [5.41, 5.74) is 0. The number of aliphatic hydroxyl groups excluding tert-OH is 1. The molecule has 0 radical (unpaired) electrons. The van der Waals surface area contributed by atoms with E-state index in [2.05, 4.69) is 10.6 Å². The number of urea groups is 1. The van der Waals surface area contributed by atoms with E-state index in [0.717, 1.165) is 30.7 Å². The summed E-state index contributed by atoms with van der Waals surface area (Å²) in [5.74, 6) is 0. The van der Waals surface area contributed by atoms with Crippen LogP contribution in [0.1, 0.15) is 25.7 Å². The fraction of sp³-hybridized carbons (Fsp3) is 0.545. The number of amides is 2. The van der Waals surface area contributed by atoms with Crippen LogP contribution in [0.3, 0.4) is 0 Å². The Hall–Kier alpha value is -1.07. The molecule has 2 amide bonds. The van der Waals surface area contributed by atoms with Gasteiger partial charge in [-0.1, -0.05) is 12.8 Å². The van der Waals surface area contributed by atoms with Crippen LogP contribution in [0.5, 0.6) is 0 Å². The van der Waals surface area contributed by atoms with Crippen molar-refractivity contribution in [2.75, 3.05) is 18.5 Å². The van der Waals surface area contributed by atoms with Crippen molar-refractivity contribution >= 4 is 22.4 Å². The maximum absolute atomic E-state index is 11.3. The number of thiophene rings is 1. The maximum atomic E-state index is 11.3. The van der Waals surface area contributed by atoms with Gasteiger partial charge >= 0.3 is 6.03 Å². The van der Waals surface area contributed by atoms with E-state index < -0.39 is 0 Å². The zero-order chi connectivity index (χ0) is 11.6. The van der Waals surface area contributed by atoms with Crippen LogP contribution >= 0.6 is 11.3 Å². The first kappa shape index (κ1) is 13.0. The zero-order valence-corrected chi connectivity index (χ0v) is 10.1. The van der Waals surface area contributed by atoms with Gasteiger partial charge in [-0.2, -0.15) is 0 Å². The van der Waals surface area contributed by atoms with Gasteiger partial charge in [-0.25, -0.2) is 4.79 Å². The molecular weight excluding hydrogens is 224 g/mol. The SMILES string of the molecule is O=C(NCCCCCCO)Nc1cccs1. The molecule has 1 heterocycles. The number of anilines is 1. The molecule has 0 unspecified atom stereocenters. The van der Waals surface area contributed by atoms with Crippen LogP contribution in [0.2, 0.25) is 0 Å². The molecule has 0 fully saturated rings. The van der Waals surface area contributed by atoms with E-state index in [1.54, 1.807) is 0 Å². The highest BCUT2D eigenvalue weighted by Crippen LogP contribution is 2.14. The van der Waals surface area contributed by atoms with E-state index in [9.17, 15) is 4.79 Å². The Morgan fingerprint density at radius 3 is 2.81 bits per heavy atom. The quantitative estimate of drug-likeness (QED) is 0.643. The van der Waals surface area contributed by atoms with Crippen molar-refractivity contribution in [2.24, 2.45) is 0 Å². The number of hydrogen-bond acceptors (Lipinski definition) is 3. The number of nitrogens with one attached hydrogen (secondary N) is 2. The maximum Gasteiger partial charge on any atom is 0.319 e. The third kappa shape index (κ3) is 5.72. The van der Waals surface area contributed by atoms with Crippen molar-refractivity contribution in [2.45, 2.75) is 25.7 Å². The van der Waals surface area contributed by atoms with Gasteiger partial charge in [0.25, 0.3) is 0 Å². The average Bonchev–Trinajstić information content (AvgIpc) is 2.76. The lowest BCUT2D eigenvalue weighted by molar-refractivity contribution is 0.251. The largest absolute Gasteiger partial charge is 0.396 e. The van der Waals surface area contributed by atoms with E-state index in [4.69, 9.17) is 5.11 Å². The van der Waals surface area contributed by atoms with E-state index in [0.29, 0.717) is 6.54 Å². The normalized spacial score (nSPS) is 10.1. The fourth-order valence-electron chi connectivity index (χ4n) is 1.30. The summed E-state index contributed by atoms with van der Waals surface area (Å²) in [6.07, 6.45) is 3.86. The van der Waals surface area contributed by atoms with Crippen molar-refractivity contribution < 1.29 is 9.90 Å². The highest BCUT2D eigenvalue weighted by atomic mass is 32.1. The summed E-state index contributed by atoms with van der Waals surface area (Å²) < 4.78 is 0. The van der Waals surface area contributed by atoms with E-state index in [1.165, 1.54) is 11.3 Å². The fourth-order valence-corrected chi connectivity index (χ4v) is 1.91. The molecule has 0 aliphatic carbocycles. The lowest BCUT2D eigenvalue weighted by Crippen LogP contribution is -2.29. The third-order valence-electron chi connectivity index (χ3n) is 2.13. The molecule has 1 aromatic heterocycles. The Morgan fingerprint density at radius 1 is 1.31 bits per heavy atom. The van der Waals surface area contributed by atoms with Crippen molar-refractivity contribution in [1.29, 1.82) is 0 Å². The average molecular weight is 242 g/mol. The molecule has 90 valence electrons. The monoisotopic (exact) mass is 242 g/mol. The second-order valence-corrected chi connectivity index (χ2v) is 4.44. The lowest BCUT2D eigenvalue weighted by atomic mass is 10.2. The number of carbonyl (C=O) groups excluding carboxylic acids is 1. The number of aliphatic hydroxyl groups is 1. The molecule has 1 rings (SSSR count). The summed E-state index contributed by atoms with van der Waals surface area (Å²) in [6, 6.07) is 3.62. The topological polar surface area (TPSA) is 61.4 Å². The Kier molecular flexibility index (Phi) is 6.60. The smallest absolute Gasteiger partial charge is 0.319 e. The summed E-state index contributed by atoms with van der Waals surface area (Å²) in [5, 5.41) is 16.9. The van der Waals surface area contributed by atoms with Gasteiger partial charge in [0, 0.05) is 13.2 Å². The zero-order valence-electron chi connectivity index (χ0n) is 9.24. The second kappa shape index (κ2) is 8.13. The Bertz CT molecular complexity index is 288. The van der Waals surface area contributed by atoms with Crippen molar-refractivity contribution in [3.8, 4) is 0 Å². The number of unbranched alkanes of at least 4 members (excludes halogenated alkanes) is 3. The van der Waals surface area contributed by atoms with Gasteiger partial charge in [0.05, 0.1) is 5.00 Å². The lowest BCUT2D eigenvalue weighted by Gasteiger charge is -2.05. The van der Waals surface area contributed by atoms with Gasteiger partial charge in [-0.05, 0) is 30.4 Å². The van der Waals surface area contributed by atoms with Crippen molar-refractivity contribution in [3.63, 3.8) is 0 Å². The predicted molar refractivity (Wildman–Crippen MR) is 66.9 cm³/mol. The second-order valence-electron chi connectivity index (χ2n) is 3.50. The molecule has 0 saturated heterocycles. The van der Waals surface area contributed by atoms with Crippen LogP contribution in [-0.4, -0.2) is 24.3 Å². The summed E-state index contributed by atoms with van der Waals surface area (Å²) in [7, 11) is 0. The minimum atomic E-state index is -0.149. The highest BCUT2D eigenvalue weighted by Gasteiger charge is 2.00. The molecule has 0 saturated carbocycles. The molecule has 16 heavy (non-hydrogen) atoms. The molecule has 4 nitrogen and oxygen atoms in total. The van der Waals surface area contributed by atoms with Gasteiger partial charge in [-0.15, -0.1) is 11.3 Å². The van der Waals surface area contributed by atoms with Gasteiger partial charge in [0.1, 0.15) is 0 Å². The summed E-state index contributed by atoms with van der Waals surface area (Å²) >= 11 is 1.50. The first-order chi connectivity index (χ1) is 7.83. The molecule has 0 atom stereocenters. The van der Waals surface area contributed by atoms with Crippen molar-refractivity contribution in [3.05, 3.63) is 17.5 Å². The molecule has 0 spiro atoms. The van der Waals surface area contributed by atoms with Crippen LogP contribution in [0.15, 0.2) is 17.5 Å². The van der Waals surface area contributed by atoms with Gasteiger partial charge in [0.15, 0.2) is 0 Å². The first-order valence-corrected chi connectivity index (χ1v) is 6.40. The minimum Gasteiger partial charge on any atom is -0.396 e. The van der Waals surface area contributed by atoms with E-state index in [1.807, 2.05) is 17.5 Å². The van der Waals surface area contributed by atoms with Crippen LogP contribution in [-0.2, 0) is 0 Å². The number of rotatable bonds is 7. The van der Waals surface area contributed by atoms with Gasteiger partial charge in [-0.3, -0.25) is 5.32 Å². The first-order valence-electron chi connectivity index (χ1n) is 5.52. The molecule has 1 aromatic rings. The highest BCUT2D eigenvalue weighted by molar-refractivity contribution is 7.14. The van der Waals surface area contributed by atoms with Gasteiger partial charge < -0.3 is 10.4 Å². The Morgan fingerprint density at radius 2 is 2.12 bits per heavy atom. The molecular formula is C11H18N2O2S. The number of carbonyl (C=O) groups is 1. The van der Waals surface area contributed by atoms with E-state index in [-0.39, 0.29) is 12.6 Å². The van der Waals surface area contributed by atoms with Crippen LogP contribution < -0.4 is 10.6 Å². The molecule has 3 N–H and O–H groups in total. The molecule has 0 bridgehead atoms. The van der Waals surface area contributed by atoms with Gasteiger partial charge in [0.2, 0.25) is 0 Å².